The largest absolute Gasteiger partial charge is 0.394 e. The third-order valence-corrected chi connectivity index (χ3v) is 4.85. The van der Waals surface area contributed by atoms with Crippen LogP contribution in [0.1, 0.15) is 46.5 Å². The van der Waals surface area contributed by atoms with Crippen LogP contribution in [0.3, 0.4) is 0 Å². The summed E-state index contributed by atoms with van der Waals surface area (Å²) in [7, 11) is 0. The van der Waals surface area contributed by atoms with Crippen LogP contribution in [0, 0.1) is 17.8 Å². The van der Waals surface area contributed by atoms with Crippen molar-refractivity contribution in [2.75, 3.05) is 6.61 Å². The van der Waals surface area contributed by atoms with Crippen LogP contribution in [0.15, 0.2) is 0 Å². The number of hydrogen-bond acceptors (Lipinski definition) is 3. The minimum Gasteiger partial charge on any atom is -0.394 e. The molecule has 114 valence electrons. The van der Waals surface area contributed by atoms with E-state index in [1.807, 2.05) is 6.92 Å². The Bertz CT molecular complexity index is 395. The van der Waals surface area contributed by atoms with Gasteiger partial charge >= 0.3 is 11.8 Å². The molecule has 5 heteroatoms. The zero-order valence-corrected chi connectivity index (χ0v) is 12.6. The second kappa shape index (κ2) is 5.72. The minimum atomic E-state index is -0.774. The van der Waals surface area contributed by atoms with E-state index in [0.717, 1.165) is 5.92 Å². The van der Waals surface area contributed by atoms with Gasteiger partial charge in [-0.25, -0.2) is 0 Å². The first-order valence-electron chi connectivity index (χ1n) is 7.56. The summed E-state index contributed by atoms with van der Waals surface area (Å²) < 4.78 is 0. The van der Waals surface area contributed by atoms with E-state index >= 15 is 0 Å². The van der Waals surface area contributed by atoms with Gasteiger partial charge < -0.3 is 15.7 Å². The van der Waals surface area contributed by atoms with Crippen LogP contribution >= 0.6 is 0 Å². The predicted molar refractivity (Wildman–Crippen MR) is 75.9 cm³/mol. The van der Waals surface area contributed by atoms with E-state index in [9.17, 15) is 9.59 Å². The van der Waals surface area contributed by atoms with Crippen LogP contribution in [-0.2, 0) is 9.59 Å². The number of carbonyl (C=O) groups excluding carboxylic acids is 2. The van der Waals surface area contributed by atoms with Crippen molar-refractivity contribution in [2.45, 2.75) is 58.0 Å². The van der Waals surface area contributed by atoms with E-state index in [4.69, 9.17) is 5.11 Å². The highest BCUT2D eigenvalue weighted by Gasteiger charge is 2.42. The fourth-order valence-corrected chi connectivity index (χ4v) is 3.69. The van der Waals surface area contributed by atoms with Crippen LogP contribution in [-0.4, -0.2) is 35.1 Å². The molecule has 3 N–H and O–H groups in total. The van der Waals surface area contributed by atoms with Gasteiger partial charge in [0.05, 0.1) is 12.1 Å². The molecule has 0 heterocycles. The summed E-state index contributed by atoms with van der Waals surface area (Å²) in [6.45, 7) is 5.15. The van der Waals surface area contributed by atoms with Gasteiger partial charge in [0, 0.05) is 6.04 Å². The van der Waals surface area contributed by atoms with Crippen LogP contribution in [0.2, 0.25) is 0 Å². The highest BCUT2D eigenvalue weighted by molar-refractivity contribution is 6.35. The molecule has 0 spiro atoms. The van der Waals surface area contributed by atoms with Gasteiger partial charge in [0.1, 0.15) is 0 Å². The molecule has 0 aromatic carbocycles. The topological polar surface area (TPSA) is 78.4 Å². The van der Waals surface area contributed by atoms with Crippen molar-refractivity contribution < 1.29 is 14.7 Å². The van der Waals surface area contributed by atoms with E-state index in [-0.39, 0.29) is 12.6 Å². The lowest BCUT2D eigenvalue weighted by atomic mass is 9.84. The fraction of sp³-hybridized carbons (Fsp3) is 0.867. The molecule has 4 atom stereocenters. The zero-order valence-electron chi connectivity index (χ0n) is 12.6. The van der Waals surface area contributed by atoms with Crippen molar-refractivity contribution in [3.8, 4) is 0 Å². The van der Waals surface area contributed by atoms with Gasteiger partial charge in [0.25, 0.3) is 0 Å². The van der Waals surface area contributed by atoms with Crippen LogP contribution < -0.4 is 10.6 Å². The van der Waals surface area contributed by atoms with Gasteiger partial charge in [-0.05, 0) is 57.8 Å². The first kappa shape index (κ1) is 15.3. The molecular weight excluding hydrogens is 256 g/mol. The molecule has 20 heavy (non-hydrogen) atoms. The highest BCUT2D eigenvalue weighted by Crippen LogP contribution is 2.49. The zero-order chi connectivity index (χ0) is 14.9. The third kappa shape index (κ3) is 3.32. The predicted octanol–water partition coefficient (Wildman–Crippen LogP) is 0.814. The van der Waals surface area contributed by atoms with E-state index in [2.05, 4.69) is 10.6 Å². The Kier molecular flexibility index (Phi) is 4.37. The Labute approximate surface area is 120 Å². The van der Waals surface area contributed by atoms with Crippen molar-refractivity contribution in [1.29, 1.82) is 0 Å². The summed E-state index contributed by atoms with van der Waals surface area (Å²) in [5.74, 6) is 0.788. The smallest absolute Gasteiger partial charge is 0.309 e. The number of fused-ring (bicyclic) bond motifs is 2. The molecule has 2 bridgehead atoms. The number of hydrogen-bond donors (Lipinski definition) is 3. The lowest BCUT2D eigenvalue weighted by molar-refractivity contribution is -0.141. The highest BCUT2D eigenvalue weighted by atomic mass is 16.3. The van der Waals surface area contributed by atoms with Crippen molar-refractivity contribution >= 4 is 11.8 Å². The molecule has 2 amide bonds. The molecule has 0 aromatic heterocycles. The van der Waals surface area contributed by atoms with Crippen LogP contribution in [0.5, 0.6) is 0 Å². The maximum absolute atomic E-state index is 11.9. The summed E-state index contributed by atoms with van der Waals surface area (Å²) >= 11 is 0. The van der Waals surface area contributed by atoms with Crippen molar-refractivity contribution in [2.24, 2.45) is 17.8 Å². The van der Waals surface area contributed by atoms with Crippen molar-refractivity contribution in [3.63, 3.8) is 0 Å². The number of aliphatic hydroxyl groups is 1. The molecule has 0 aliphatic heterocycles. The Morgan fingerprint density at radius 1 is 1.25 bits per heavy atom. The normalized spacial score (nSPS) is 30.1. The van der Waals surface area contributed by atoms with Crippen molar-refractivity contribution in [3.05, 3.63) is 0 Å². The maximum atomic E-state index is 11.9. The fourth-order valence-electron chi connectivity index (χ4n) is 3.69. The van der Waals surface area contributed by atoms with Gasteiger partial charge in [0.15, 0.2) is 0 Å². The number of nitrogens with one attached hydrogen (secondary N) is 2. The second-order valence-corrected chi connectivity index (χ2v) is 7.10. The quantitative estimate of drug-likeness (QED) is 0.668. The summed E-state index contributed by atoms with van der Waals surface area (Å²) in [5.41, 5.74) is -0.774. The van der Waals surface area contributed by atoms with E-state index in [0.29, 0.717) is 11.8 Å². The van der Waals surface area contributed by atoms with Gasteiger partial charge in [0.2, 0.25) is 0 Å². The molecule has 0 aromatic rings. The molecule has 2 aliphatic carbocycles. The van der Waals surface area contributed by atoms with Crippen LogP contribution in [0.25, 0.3) is 0 Å². The molecule has 0 radical (unpaired) electrons. The average molecular weight is 282 g/mol. The third-order valence-electron chi connectivity index (χ3n) is 4.85. The number of aliphatic hydroxyl groups excluding tert-OH is 1. The summed E-state index contributed by atoms with van der Waals surface area (Å²) in [4.78, 5) is 23.7. The summed E-state index contributed by atoms with van der Waals surface area (Å²) in [6.07, 6.45) is 5.05. The molecule has 2 rings (SSSR count). The molecule has 0 saturated heterocycles. The Morgan fingerprint density at radius 2 is 1.95 bits per heavy atom. The number of carbonyl (C=O) groups is 2. The summed E-state index contributed by atoms with van der Waals surface area (Å²) in [6, 6.07) is 0.0424. The molecule has 2 saturated carbocycles. The minimum absolute atomic E-state index is 0.0424. The van der Waals surface area contributed by atoms with Crippen LogP contribution in [0.4, 0.5) is 0 Å². The van der Waals surface area contributed by atoms with E-state index in [1.54, 1.807) is 13.8 Å². The SMILES string of the molecule is CC(NC(=O)C(=O)NC(C)(C)CO)C1CC2CCC1C2. The van der Waals surface area contributed by atoms with E-state index < -0.39 is 17.4 Å². The first-order chi connectivity index (χ1) is 9.32. The monoisotopic (exact) mass is 282 g/mol. The first-order valence-corrected chi connectivity index (χ1v) is 7.56. The van der Waals surface area contributed by atoms with Crippen molar-refractivity contribution in [1.82, 2.24) is 10.6 Å². The number of amides is 2. The maximum Gasteiger partial charge on any atom is 0.309 e. The molecule has 4 unspecified atom stereocenters. The molecule has 5 nitrogen and oxygen atoms in total. The average Bonchev–Trinajstić information content (AvgIpc) is 3.00. The summed E-state index contributed by atoms with van der Waals surface area (Å²) in [5, 5.41) is 14.5. The lowest BCUT2D eigenvalue weighted by Crippen LogP contribution is -2.53. The lowest BCUT2D eigenvalue weighted by Gasteiger charge is -2.29. The van der Waals surface area contributed by atoms with E-state index in [1.165, 1.54) is 25.7 Å². The Hall–Kier alpha value is -1.10. The standard InChI is InChI=1S/C15H26N2O3/c1-9(12-7-10-4-5-11(12)6-10)16-13(19)14(20)17-15(2,3)8-18/h9-12,18H,4-8H2,1-3H3,(H,16,19)(H,17,20). The van der Waals surface area contributed by atoms with Gasteiger partial charge in [-0.15, -0.1) is 0 Å². The second-order valence-electron chi connectivity index (χ2n) is 7.10. The Morgan fingerprint density at radius 3 is 2.45 bits per heavy atom. The number of rotatable bonds is 4. The Balaban J connectivity index is 1.83. The van der Waals surface area contributed by atoms with Gasteiger partial charge in [-0.2, -0.15) is 0 Å². The molecular formula is C15H26N2O3. The van der Waals surface area contributed by atoms with Gasteiger partial charge in [-0.1, -0.05) is 6.42 Å². The molecule has 2 fully saturated rings. The molecule has 2 aliphatic rings. The van der Waals surface area contributed by atoms with Gasteiger partial charge in [-0.3, -0.25) is 9.59 Å².